The number of nitrogens with two attached hydrogens (primary N) is 1. The Labute approximate surface area is 158 Å². The molecule has 0 saturated carbocycles. The highest BCUT2D eigenvalue weighted by atomic mass is 127. The maximum Gasteiger partial charge on any atom is 0.266 e. The van der Waals surface area contributed by atoms with E-state index in [1.807, 2.05) is 18.2 Å². The lowest BCUT2D eigenvalue weighted by atomic mass is 10.1. The molecule has 0 unspecified atom stereocenters. The SMILES string of the molecule is N#C/C(=C\c1ccc(OCC(N)=O)cc1)C(=O)Nc1cccc(I)c1. The van der Waals surface area contributed by atoms with Crippen LogP contribution in [0, 0.1) is 14.9 Å². The monoisotopic (exact) mass is 447 g/mol. The van der Waals surface area contributed by atoms with E-state index in [0.717, 1.165) is 3.57 Å². The summed E-state index contributed by atoms with van der Waals surface area (Å²) in [4.78, 5) is 22.9. The fourth-order valence-electron chi connectivity index (χ4n) is 1.89. The number of carbonyl (C=O) groups excluding carboxylic acids is 2. The molecule has 2 aromatic carbocycles. The predicted octanol–water partition coefficient (Wildman–Crippen LogP) is 2.70. The Morgan fingerprint density at radius 3 is 2.56 bits per heavy atom. The van der Waals surface area contributed by atoms with Crippen molar-refractivity contribution < 1.29 is 14.3 Å². The van der Waals surface area contributed by atoms with Crippen LogP contribution in [-0.2, 0) is 9.59 Å². The van der Waals surface area contributed by atoms with Gasteiger partial charge in [-0.1, -0.05) is 18.2 Å². The molecule has 0 atom stereocenters. The Balaban J connectivity index is 2.09. The lowest BCUT2D eigenvalue weighted by molar-refractivity contribution is -0.120. The van der Waals surface area contributed by atoms with E-state index in [9.17, 15) is 14.9 Å². The van der Waals surface area contributed by atoms with Crippen molar-refractivity contribution in [1.82, 2.24) is 0 Å². The zero-order valence-corrected chi connectivity index (χ0v) is 15.2. The molecule has 0 aliphatic rings. The molecule has 25 heavy (non-hydrogen) atoms. The summed E-state index contributed by atoms with van der Waals surface area (Å²) in [6, 6.07) is 15.8. The smallest absolute Gasteiger partial charge is 0.266 e. The molecule has 0 bridgehead atoms. The van der Waals surface area contributed by atoms with Gasteiger partial charge < -0.3 is 15.8 Å². The first kappa shape index (κ1) is 18.5. The maximum absolute atomic E-state index is 12.2. The Morgan fingerprint density at radius 1 is 1.24 bits per heavy atom. The lowest BCUT2D eigenvalue weighted by Gasteiger charge is -2.05. The fraction of sp³-hybridized carbons (Fsp3) is 0.0556. The van der Waals surface area contributed by atoms with E-state index in [0.29, 0.717) is 17.0 Å². The van der Waals surface area contributed by atoms with Crippen LogP contribution >= 0.6 is 22.6 Å². The van der Waals surface area contributed by atoms with Gasteiger partial charge in [0.1, 0.15) is 17.4 Å². The number of ether oxygens (including phenoxy) is 1. The second-order valence-corrected chi connectivity index (χ2v) is 6.20. The minimum absolute atomic E-state index is 0.0235. The highest BCUT2D eigenvalue weighted by Crippen LogP contribution is 2.16. The molecule has 0 aliphatic heterocycles. The van der Waals surface area contributed by atoms with Crippen LogP contribution in [0.25, 0.3) is 6.08 Å². The molecule has 6 nitrogen and oxygen atoms in total. The maximum atomic E-state index is 12.2. The highest BCUT2D eigenvalue weighted by molar-refractivity contribution is 14.1. The van der Waals surface area contributed by atoms with E-state index < -0.39 is 11.8 Å². The van der Waals surface area contributed by atoms with Crippen LogP contribution in [0.15, 0.2) is 54.1 Å². The van der Waals surface area contributed by atoms with Crippen LogP contribution < -0.4 is 15.8 Å². The van der Waals surface area contributed by atoms with Gasteiger partial charge in [-0.3, -0.25) is 9.59 Å². The van der Waals surface area contributed by atoms with Gasteiger partial charge in [-0.05, 0) is 64.6 Å². The number of hydrogen-bond donors (Lipinski definition) is 2. The van der Waals surface area contributed by atoms with Gasteiger partial charge in [0.2, 0.25) is 0 Å². The second kappa shape index (κ2) is 8.84. The number of hydrogen-bond acceptors (Lipinski definition) is 4. The molecule has 0 saturated heterocycles. The molecule has 0 spiro atoms. The summed E-state index contributed by atoms with van der Waals surface area (Å²) in [6.45, 7) is -0.211. The molecule has 0 fully saturated rings. The average molecular weight is 447 g/mol. The summed E-state index contributed by atoms with van der Waals surface area (Å²) in [7, 11) is 0. The number of nitriles is 1. The van der Waals surface area contributed by atoms with Crippen molar-refractivity contribution in [2.45, 2.75) is 0 Å². The third-order valence-corrected chi connectivity index (χ3v) is 3.69. The lowest BCUT2D eigenvalue weighted by Crippen LogP contribution is -2.19. The number of nitrogens with zero attached hydrogens (tertiary/aromatic N) is 1. The first-order valence-corrected chi connectivity index (χ1v) is 8.25. The van der Waals surface area contributed by atoms with Crippen molar-refractivity contribution in [3.63, 3.8) is 0 Å². The Bertz CT molecular complexity index is 855. The number of benzene rings is 2. The van der Waals surface area contributed by atoms with Gasteiger partial charge in [-0.2, -0.15) is 5.26 Å². The molecule has 0 aromatic heterocycles. The molecule has 0 heterocycles. The minimum Gasteiger partial charge on any atom is -0.484 e. The summed E-state index contributed by atoms with van der Waals surface area (Å²) in [5, 5.41) is 11.9. The van der Waals surface area contributed by atoms with Crippen LogP contribution in [0.4, 0.5) is 5.69 Å². The third kappa shape index (κ3) is 5.93. The van der Waals surface area contributed by atoms with E-state index in [2.05, 4.69) is 27.9 Å². The summed E-state index contributed by atoms with van der Waals surface area (Å²) in [5.74, 6) is -0.584. The van der Waals surface area contributed by atoms with Crippen molar-refractivity contribution in [1.29, 1.82) is 5.26 Å². The Hall–Kier alpha value is -2.86. The van der Waals surface area contributed by atoms with Gasteiger partial charge in [0, 0.05) is 9.26 Å². The molecule has 3 N–H and O–H groups in total. The van der Waals surface area contributed by atoms with Crippen molar-refractivity contribution in [3.8, 4) is 11.8 Å². The van der Waals surface area contributed by atoms with Gasteiger partial charge in [0.25, 0.3) is 11.8 Å². The molecule has 2 aromatic rings. The van der Waals surface area contributed by atoms with Crippen LogP contribution in [-0.4, -0.2) is 18.4 Å². The largest absolute Gasteiger partial charge is 0.484 e. The molecule has 2 rings (SSSR count). The van der Waals surface area contributed by atoms with Crippen LogP contribution in [0.1, 0.15) is 5.56 Å². The second-order valence-electron chi connectivity index (χ2n) is 4.96. The van der Waals surface area contributed by atoms with E-state index in [-0.39, 0.29) is 12.2 Å². The topological polar surface area (TPSA) is 105 Å². The van der Waals surface area contributed by atoms with E-state index in [1.54, 1.807) is 36.4 Å². The molecule has 7 heteroatoms. The summed E-state index contributed by atoms with van der Waals surface area (Å²) >= 11 is 2.14. The number of carbonyl (C=O) groups is 2. The van der Waals surface area contributed by atoms with E-state index in [4.69, 9.17) is 10.5 Å². The number of nitrogens with one attached hydrogen (secondary N) is 1. The fourth-order valence-corrected chi connectivity index (χ4v) is 2.44. The zero-order valence-electron chi connectivity index (χ0n) is 13.0. The first-order valence-electron chi connectivity index (χ1n) is 7.18. The van der Waals surface area contributed by atoms with Crippen LogP contribution in [0.3, 0.4) is 0 Å². The molecule has 2 amide bonds. The average Bonchev–Trinajstić information content (AvgIpc) is 2.58. The summed E-state index contributed by atoms with van der Waals surface area (Å²) in [6.07, 6.45) is 1.47. The first-order chi connectivity index (χ1) is 12.0. The van der Waals surface area contributed by atoms with E-state index in [1.165, 1.54) is 6.08 Å². The van der Waals surface area contributed by atoms with Crippen molar-refractivity contribution in [3.05, 3.63) is 63.2 Å². The normalized spacial score (nSPS) is 10.6. The van der Waals surface area contributed by atoms with Crippen molar-refractivity contribution >= 4 is 46.2 Å². The standard InChI is InChI=1S/C18H14IN3O3/c19-14-2-1-3-15(9-14)22-18(24)13(10-20)8-12-4-6-16(7-5-12)25-11-17(21)23/h1-9H,11H2,(H2,21,23)(H,22,24)/b13-8+. The van der Waals surface area contributed by atoms with Gasteiger partial charge in [-0.25, -0.2) is 0 Å². The summed E-state index contributed by atoms with van der Waals surface area (Å²) in [5.41, 5.74) is 6.25. The van der Waals surface area contributed by atoms with Gasteiger partial charge >= 0.3 is 0 Å². The molecular weight excluding hydrogens is 433 g/mol. The Morgan fingerprint density at radius 2 is 1.96 bits per heavy atom. The van der Waals surface area contributed by atoms with E-state index >= 15 is 0 Å². The summed E-state index contributed by atoms with van der Waals surface area (Å²) < 4.78 is 6.13. The van der Waals surface area contributed by atoms with Gasteiger partial charge in [-0.15, -0.1) is 0 Å². The van der Waals surface area contributed by atoms with Crippen molar-refractivity contribution in [2.75, 3.05) is 11.9 Å². The quantitative estimate of drug-likeness (QED) is 0.404. The van der Waals surface area contributed by atoms with Crippen LogP contribution in [0.2, 0.25) is 0 Å². The molecule has 0 radical (unpaired) electrons. The Kier molecular flexibility index (Phi) is 6.54. The van der Waals surface area contributed by atoms with Gasteiger partial charge in [0.05, 0.1) is 0 Å². The molecule has 0 aliphatic carbocycles. The van der Waals surface area contributed by atoms with Crippen LogP contribution in [0.5, 0.6) is 5.75 Å². The van der Waals surface area contributed by atoms with Crippen molar-refractivity contribution in [2.24, 2.45) is 5.73 Å². The third-order valence-electron chi connectivity index (χ3n) is 3.02. The zero-order chi connectivity index (χ0) is 18.2. The number of anilines is 1. The molecule has 126 valence electrons. The number of rotatable bonds is 6. The number of primary amides is 1. The number of halogens is 1. The van der Waals surface area contributed by atoms with Gasteiger partial charge in [0.15, 0.2) is 6.61 Å². The predicted molar refractivity (Wildman–Crippen MR) is 103 cm³/mol. The number of amides is 2. The minimum atomic E-state index is -0.567. The molecular formula is C18H14IN3O3. The highest BCUT2D eigenvalue weighted by Gasteiger charge is 2.10.